The van der Waals surface area contributed by atoms with Gasteiger partial charge in [0.05, 0.1) is 0 Å². The van der Waals surface area contributed by atoms with Gasteiger partial charge in [0, 0.05) is 30.1 Å². The number of allylic oxidation sites excluding steroid dienone is 3. The van der Waals surface area contributed by atoms with Crippen molar-refractivity contribution in [3.05, 3.63) is 29.2 Å². The number of nitrogens with zero attached hydrogens (tertiary/aromatic N) is 1. The summed E-state index contributed by atoms with van der Waals surface area (Å²) in [5.74, 6) is 0.162. The second-order valence-corrected chi connectivity index (χ2v) is 4.48. The molecule has 1 saturated heterocycles. The molecule has 2 nitrogen and oxygen atoms in total. The van der Waals surface area contributed by atoms with Gasteiger partial charge in [0.25, 0.3) is 0 Å². The van der Waals surface area contributed by atoms with E-state index in [1.54, 1.807) is 0 Å². The lowest BCUT2D eigenvalue weighted by molar-refractivity contribution is -0.127. The van der Waals surface area contributed by atoms with Crippen molar-refractivity contribution >= 4 is 17.5 Å². The number of hydrogen-bond acceptors (Lipinski definition) is 1. The predicted molar refractivity (Wildman–Crippen MR) is 61.4 cm³/mol. The first kappa shape index (κ1) is 10.7. The molecule has 1 fully saturated rings. The van der Waals surface area contributed by atoms with E-state index >= 15 is 0 Å². The lowest BCUT2D eigenvalue weighted by atomic mass is 10.0. The van der Waals surface area contributed by atoms with Gasteiger partial charge in [0.2, 0.25) is 5.91 Å². The SMILES string of the molecule is O=C(C1=CC=C(Cl)C[CH]1)N1CCCCC1. The van der Waals surface area contributed by atoms with Crippen molar-refractivity contribution in [1.82, 2.24) is 4.90 Å². The zero-order valence-electron chi connectivity index (χ0n) is 8.71. The second-order valence-electron chi connectivity index (χ2n) is 4.00. The van der Waals surface area contributed by atoms with Gasteiger partial charge in [-0.15, -0.1) is 0 Å². The Morgan fingerprint density at radius 2 is 1.93 bits per heavy atom. The molecule has 15 heavy (non-hydrogen) atoms. The Hall–Kier alpha value is -0.760. The normalized spacial score (nSPS) is 22.1. The van der Waals surface area contributed by atoms with Crippen LogP contribution in [0.15, 0.2) is 22.8 Å². The van der Waals surface area contributed by atoms with Gasteiger partial charge in [-0.25, -0.2) is 0 Å². The first-order valence-electron chi connectivity index (χ1n) is 5.46. The summed E-state index contributed by atoms with van der Waals surface area (Å²) in [7, 11) is 0. The average molecular weight is 225 g/mol. The highest BCUT2D eigenvalue weighted by molar-refractivity contribution is 6.30. The third-order valence-corrected chi connectivity index (χ3v) is 3.13. The standard InChI is InChI=1S/C12H15ClNO/c13-11-6-4-10(5-7-11)12(15)14-8-2-1-3-9-14/h4-6H,1-3,7-9H2. The Morgan fingerprint density at radius 3 is 2.53 bits per heavy atom. The van der Waals surface area contributed by atoms with Gasteiger partial charge >= 0.3 is 0 Å². The predicted octanol–water partition coefficient (Wildman–Crippen LogP) is 2.66. The lowest BCUT2D eigenvalue weighted by Gasteiger charge is -2.28. The maximum Gasteiger partial charge on any atom is 0.250 e. The lowest BCUT2D eigenvalue weighted by Crippen LogP contribution is -2.36. The molecule has 1 amide bonds. The number of rotatable bonds is 1. The van der Waals surface area contributed by atoms with E-state index in [1.165, 1.54) is 6.42 Å². The Bertz CT molecular complexity index is 314. The Balaban J connectivity index is 2.01. The molecule has 0 aromatic heterocycles. The Morgan fingerprint density at radius 1 is 1.20 bits per heavy atom. The van der Waals surface area contributed by atoms with Gasteiger partial charge in [0.1, 0.15) is 0 Å². The number of likely N-dealkylation sites (tertiary alicyclic amines) is 1. The largest absolute Gasteiger partial charge is 0.339 e. The third kappa shape index (κ3) is 2.63. The molecule has 1 radical (unpaired) electrons. The summed E-state index contributed by atoms with van der Waals surface area (Å²) in [5, 5.41) is 0.796. The molecule has 2 rings (SSSR count). The number of halogens is 1. The molecule has 1 aliphatic carbocycles. The van der Waals surface area contributed by atoms with Crippen LogP contribution >= 0.6 is 11.6 Å². The molecule has 0 atom stereocenters. The molecule has 0 saturated carbocycles. The molecule has 81 valence electrons. The molecule has 1 heterocycles. The van der Waals surface area contributed by atoms with Crippen LogP contribution in [0.2, 0.25) is 0 Å². The zero-order chi connectivity index (χ0) is 10.7. The minimum Gasteiger partial charge on any atom is -0.339 e. The molecule has 1 aliphatic heterocycles. The number of piperidine rings is 1. The van der Waals surface area contributed by atoms with E-state index in [4.69, 9.17) is 11.6 Å². The van der Waals surface area contributed by atoms with E-state index in [2.05, 4.69) is 0 Å². The molecule has 0 spiro atoms. The van der Waals surface area contributed by atoms with E-state index in [0.717, 1.165) is 36.5 Å². The van der Waals surface area contributed by atoms with Gasteiger partial charge in [-0.2, -0.15) is 0 Å². The summed E-state index contributed by atoms with van der Waals surface area (Å²) in [6, 6.07) is 0. The molecule has 0 aromatic carbocycles. The van der Waals surface area contributed by atoms with Crippen LogP contribution in [0.4, 0.5) is 0 Å². The minimum absolute atomic E-state index is 0.162. The quantitative estimate of drug-likeness (QED) is 0.671. The third-order valence-electron chi connectivity index (χ3n) is 2.85. The van der Waals surface area contributed by atoms with Crippen molar-refractivity contribution in [2.24, 2.45) is 0 Å². The monoisotopic (exact) mass is 224 g/mol. The van der Waals surface area contributed by atoms with E-state index in [-0.39, 0.29) is 5.91 Å². The summed E-state index contributed by atoms with van der Waals surface area (Å²) >= 11 is 5.83. The van der Waals surface area contributed by atoms with Gasteiger partial charge in [-0.3, -0.25) is 4.79 Å². The van der Waals surface area contributed by atoms with Gasteiger partial charge < -0.3 is 4.90 Å². The number of hydrogen-bond donors (Lipinski definition) is 0. The van der Waals surface area contributed by atoms with E-state index < -0.39 is 0 Å². The van der Waals surface area contributed by atoms with Crippen LogP contribution in [0.25, 0.3) is 0 Å². The molecule has 0 N–H and O–H groups in total. The average Bonchev–Trinajstić information content (AvgIpc) is 2.30. The smallest absolute Gasteiger partial charge is 0.250 e. The van der Waals surface area contributed by atoms with Gasteiger partial charge in [0.15, 0.2) is 0 Å². The van der Waals surface area contributed by atoms with Gasteiger partial charge in [-0.1, -0.05) is 17.7 Å². The number of carbonyl (C=O) groups excluding carboxylic acids is 1. The van der Waals surface area contributed by atoms with Crippen molar-refractivity contribution in [3.63, 3.8) is 0 Å². The first-order valence-corrected chi connectivity index (χ1v) is 5.84. The molecule has 0 bridgehead atoms. The highest BCUT2D eigenvalue weighted by Crippen LogP contribution is 2.22. The van der Waals surface area contributed by atoms with E-state index in [0.29, 0.717) is 6.42 Å². The van der Waals surface area contributed by atoms with Gasteiger partial charge in [-0.05, 0) is 31.8 Å². The van der Waals surface area contributed by atoms with Crippen molar-refractivity contribution in [2.75, 3.05) is 13.1 Å². The molecule has 0 unspecified atom stereocenters. The molecule has 2 aliphatic rings. The summed E-state index contributed by atoms with van der Waals surface area (Å²) in [4.78, 5) is 14.0. The zero-order valence-corrected chi connectivity index (χ0v) is 9.46. The maximum absolute atomic E-state index is 12.0. The summed E-state index contributed by atoms with van der Waals surface area (Å²) in [6.45, 7) is 1.81. The Labute approximate surface area is 95.6 Å². The van der Waals surface area contributed by atoms with Crippen molar-refractivity contribution in [2.45, 2.75) is 25.7 Å². The first-order chi connectivity index (χ1) is 7.27. The van der Waals surface area contributed by atoms with E-state index in [1.807, 2.05) is 23.5 Å². The maximum atomic E-state index is 12.0. The second kappa shape index (κ2) is 4.84. The molecule has 3 heteroatoms. The number of amides is 1. The molecule has 0 aromatic rings. The summed E-state index contributed by atoms with van der Waals surface area (Å²) in [5.41, 5.74) is 0.793. The Kier molecular flexibility index (Phi) is 3.47. The van der Waals surface area contributed by atoms with Crippen LogP contribution < -0.4 is 0 Å². The number of carbonyl (C=O) groups is 1. The van der Waals surface area contributed by atoms with E-state index in [9.17, 15) is 4.79 Å². The van der Waals surface area contributed by atoms with Crippen molar-refractivity contribution < 1.29 is 4.79 Å². The fourth-order valence-electron chi connectivity index (χ4n) is 1.96. The van der Waals surface area contributed by atoms with Crippen molar-refractivity contribution in [3.8, 4) is 0 Å². The van der Waals surface area contributed by atoms with Crippen LogP contribution in [0.5, 0.6) is 0 Å². The topological polar surface area (TPSA) is 20.3 Å². The fourth-order valence-corrected chi connectivity index (χ4v) is 2.10. The van der Waals surface area contributed by atoms with Crippen LogP contribution in [0.3, 0.4) is 0 Å². The van der Waals surface area contributed by atoms with Crippen LogP contribution in [-0.4, -0.2) is 23.9 Å². The summed E-state index contributed by atoms with van der Waals surface area (Å²) < 4.78 is 0. The fraction of sp³-hybridized carbons (Fsp3) is 0.500. The minimum atomic E-state index is 0.162. The highest BCUT2D eigenvalue weighted by Gasteiger charge is 2.21. The van der Waals surface area contributed by atoms with Crippen LogP contribution in [0.1, 0.15) is 25.7 Å². The van der Waals surface area contributed by atoms with Crippen LogP contribution in [-0.2, 0) is 4.79 Å². The summed E-state index contributed by atoms with van der Waals surface area (Å²) in [6.07, 6.45) is 9.76. The highest BCUT2D eigenvalue weighted by atomic mass is 35.5. The molecular weight excluding hydrogens is 210 g/mol. The van der Waals surface area contributed by atoms with Crippen molar-refractivity contribution in [1.29, 1.82) is 0 Å². The molecular formula is C12H15ClNO. The van der Waals surface area contributed by atoms with Crippen LogP contribution in [0, 0.1) is 6.42 Å².